The number of aryl methyl sites for hydroxylation is 1. The largest absolute Gasteiger partial charge is 0.330 e. The van der Waals surface area contributed by atoms with Crippen LogP contribution in [0.1, 0.15) is 16.3 Å². The van der Waals surface area contributed by atoms with Crippen LogP contribution in [-0.2, 0) is 6.42 Å². The van der Waals surface area contributed by atoms with E-state index in [4.69, 9.17) is 0 Å². The first kappa shape index (κ1) is 16.6. The van der Waals surface area contributed by atoms with Crippen LogP contribution in [0.4, 0.5) is 0 Å². The van der Waals surface area contributed by atoms with E-state index in [1.807, 2.05) is 18.4 Å². The van der Waals surface area contributed by atoms with Gasteiger partial charge in [0.15, 0.2) is 0 Å². The summed E-state index contributed by atoms with van der Waals surface area (Å²) in [7, 11) is 0. The average Bonchev–Trinajstić information content (AvgIpc) is 2.96. The molecule has 0 bridgehead atoms. The van der Waals surface area contributed by atoms with Gasteiger partial charge in [0.25, 0.3) is 0 Å². The number of hydrogen-bond donors (Lipinski definition) is 1. The lowest BCUT2D eigenvalue weighted by Crippen LogP contribution is -2.39. The second-order valence-electron chi connectivity index (χ2n) is 4.58. The molecule has 0 unspecified atom stereocenters. The number of thiazole rings is 1. The summed E-state index contributed by atoms with van der Waals surface area (Å²) in [4.78, 5) is 5.65. The SMILES string of the molecule is CSc1ccccc1C/C=C\C(C#Cc1csc(C)n1)=C/[NH3+]. The average molecular weight is 327 g/mol. The van der Waals surface area contributed by atoms with Crippen molar-refractivity contribution in [1.82, 2.24) is 4.98 Å². The predicted octanol–water partition coefficient (Wildman–Crippen LogP) is 3.45. The van der Waals surface area contributed by atoms with Gasteiger partial charge in [-0.15, -0.1) is 23.1 Å². The Bertz CT molecular complexity index is 746. The van der Waals surface area contributed by atoms with Crippen molar-refractivity contribution in [2.24, 2.45) is 0 Å². The Hall–Kier alpha value is -1.80. The molecule has 1 aromatic heterocycles. The van der Waals surface area contributed by atoms with E-state index in [0.29, 0.717) is 0 Å². The molecule has 2 nitrogen and oxygen atoms in total. The molecule has 0 spiro atoms. The highest BCUT2D eigenvalue weighted by molar-refractivity contribution is 7.98. The van der Waals surface area contributed by atoms with Gasteiger partial charge in [-0.3, -0.25) is 0 Å². The van der Waals surface area contributed by atoms with Crippen LogP contribution < -0.4 is 5.73 Å². The lowest BCUT2D eigenvalue weighted by atomic mass is 10.1. The Labute approximate surface area is 140 Å². The number of allylic oxidation sites excluding steroid dienone is 3. The van der Waals surface area contributed by atoms with Crippen LogP contribution >= 0.6 is 23.1 Å². The summed E-state index contributed by atoms with van der Waals surface area (Å²) in [5, 5.41) is 3.01. The Morgan fingerprint density at radius 3 is 2.91 bits per heavy atom. The van der Waals surface area contributed by atoms with E-state index in [9.17, 15) is 0 Å². The molecule has 0 saturated heterocycles. The van der Waals surface area contributed by atoms with Crippen molar-refractivity contribution in [3.05, 3.63) is 69.8 Å². The number of hydrogen-bond acceptors (Lipinski definition) is 3. The number of rotatable bonds is 4. The molecule has 4 heteroatoms. The highest BCUT2D eigenvalue weighted by Crippen LogP contribution is 2.20. The number of aromatic nitrogens is 1. The normalized spacial score (nSPS) is 11.5. The van der Waals surface area contributed by atoms with Crippen molar-refractivity contribution in [3.8, 4) is 11.8 Å². The molecule has 0 atom stereocenters. The summed E-state index contributed by atoms with van der Waals surface area (Å²) < 4.78 is 0. The van der Waals surface area contributed by atoms with Gasteiger partial charge in [0.1, 0.15) is 11.9 Å². The van der Waals surface area contributed by atoms with Crippen molar-refractivity contribution in [1.29, 1.82) is 0 Å². The zero-order chi connectivity index (χ0) is 15.8. The van der Waals surface area contributed by atoms with Crippen molar-refractivity contribution in [2.75, 3.05) is 6.26 Å². The van der Waals surface area contributed by atoms with Gasteiger partial charge in [-0.25, -0.2) is 4.98 Å². The molecule has 2 aromatic rings. The number of thioether (sulfide) groups is 1. The first-order valence-electron chi connectivity index (χ1n) is 6.95. The van der Waals surface area contributed by atoms with E-state index in [0.717, 1.165) is 22.7 Å². The van der Waals surface area contributed by atoms with Gasteiger partial charge in [-0.1, -0.05) is 30.2 Å². The molecule has 0 fully saturated rings. The molecule has 0 amide bonds. The van der Waals surface area contributed by atoms with Crippen LogP contribution in [0.15, 0.2) is 58.5 Å². The Balaban J connectivity index is 2.03. The maximum atomic E-state index is 4.34. The minimum atomic E-state index is 0.822. The molecule has 0 saturated carbocycles. The monoisotopic (exact) mass is 327 g/mol. The van der Waals surface area contributed by atoms with Crippen LogP contribution in [0.25, 0.3) is 0 Å². The fourth-order valence-corrected chi connectivity index (χ4v) is 3.08. The van der Waals surface area contributed by atoms with Crippen LogP contribution in [0.2, 0.25) is 0 Å². The molecular weight excluding hydrogens is 308 g/mol. The molecule has 0 aliphatic heterocycles. The topological polar surface area (TPSA) is 40.5 Å². The van der Waals surface area contributed by atoms with Crippen molar-refractivity contribution in [3.63, 3.8) is 0 Å². The molecule has 112 valence electrons. The highest BCUT2D eigenvalue weighted by atomic mass is 32.2. The molecule has 0 radical (unpaired) electrons. The predicted molar refractivity (Wildman–Crippen MR) is 95.8 cm³/mol. The maximum absolute atomic E-state index is 4.34. The molecule has 3 N–H and O–H groups in total. The van der Waals surface area contributed by atoms with E-state index in [-0.39, 0.29) is 0 Å². The molecule has 1 aromatic carbocycles. The maximum Gasteiger partial charge on any atom is 0.124 e. The Morgan fingerprint density at radius 2 is 2.23 bits per heavy atom. The third kappa shape index (κ3) is 4.88. The molecule has 22 heavy (non-hydrogen) atoms. The first-order chi connectivity index (χ1) is 10.7. The molecular formula is C18H19N2S2+. The van der Waals surface area contributed by atoms with E-state index in [2.05, 4.69) is 59.2 Å². The van der Waals surface area contributed by atoms with Crippen molar-refractivity contribution < 1.29 is 5.73 Å². The molecule has 1 heterocycles. The van der Waals surface area contributed by atoms with Crippen LogP contribution in [0.3, 0.4) is 0 Å². The summed E-state index contributed by atoms with van der Waals surface area (Å²) in [6.45, 7) is 1.98. The van der Waals surface area contributed by atoms with Crippen LogP contribution in [0.5, 0.6) is 0 Å². The Kier molecular flexibility index (Phi) is 6.47. The van der Waals surface area contributed by atoms with Crippen LogP contribution in [0, 0.1) is 18.8 Å². The van der Waals surface area contributed by atoms with Gasteiger partial charge in [0, 0.05) is 10.3 Å². The third-order valence-electron chi connectivity index (χ3n) is 3.00. The summed E-state index contributed by atoms with van der Waals surface area (Å²) in [6, 6.07) is 8.46. The van der Waals surface area contributed by atoms with E-state index >= 15 is 0 Å². The second-order valence-corrected chi connectivity index (χ2v) is 6.49. The molecule has 0 aliphatic rings. The third-order valence-corrected chi connectivity index (χ3v) is 4.61. The van der Waals surface area contributed by atoms with E-state index in [1.165, 1.54) is 10.5 Å². The zero-order valence-electron chi connectivity index (χ0n) is 12.8. The number of benzene rings is 1. The minimum Gasteiger partial charge on any atom is -0.330 e. The number of nitrogens with zero attached hydrogens (tertiary/aromatic N) is 1. The summed E-state index contributed by atoms with van der Waals surface area (Å²) >= 11 is 3.39. The highest BCUT2D eigenvalue weighted by Gasteiger charge is 1.98. The molecule has 0 aliphatic carbocycles. The van der Waals surface area contributed by atoms with Gasteiger partial charge in [-0.2, -0.15) is 0 Å². The van der Waals surface area contributed by atoms with Gasteiger partial charge < -0.3 is 5.73 Å². The van der Waals surface area contributed by atoms with Gasteiger partial charge in [-0.05, 0) is 43.2 Å². The van der Waals surface area contributed by atoms with Gasteiger partial charge >= 0.3 is 0 Å². The van der Waals surface area contributed by atoms with Gasteiger partial charge in [0.05, 0.1) is 10.6 Å². The fourth-order valence-electron chi connectivity index (χ4n) is 1.90. The smallest absolute Gasteiger partial charge is 0.124 e. The summed E-state index contributed by atoms with van der Waals surface area (Å²) in [6.07, 6.45) is 8.93. The second kappa shape index (κ2) is 8.60. The Morgan fingerprint density at radius 1 is 1.41 bits per heavy atom. The minimum absolute atomic E-state index is 0.822. The standard InChI is InChI=1S/C18H18N2S2/c1-14-20-17(13-22-14)11-10-15(12-19)6-5-8-16-7-3-4-9-18(16)21-2/h3-7,9,12-13H,8,19H2,1-2H3/p+1/b6-5-,15-12+. The van der Waals surface area contributed by atoms with Crippen molar-refractivity contribution in [2.45, 2.75) is 18.2 Å². The summed E-state index contributed by atoms with van der Waals surface area (Å²) in [5.41, 5.74) is 6.89. The van der Waals surface area contributed by atoms with Gasteiger partial charge in [0.2, 0.25) is 0 Å². The first-order valence-corrected chi connectivity index (χ1v) is 9.05. The van der Waals surface area contributed by atoms with E-state index < -0.39 is 0 Å². The fraction of sp³-hybridized carbons (Fsp3) is 0.167. The van der Waals surface area contributed by atoms with Crippen molar-refractivity contribution >= 4 is 23.1 Å². The van der Waals surface area contributed by atoms with Crippen LogP contribution in [-0.4, -0.2) is 11.2 Å². The summed E-state index contributed by atoms with van der Waals surface area (Å²) in [5.74, 6) is 6.19. The zero-order valence-corrected chi connectivity index (χ0v) is 14.4. The van der Waals surface area contributed by atoms with E-state index in [1.54, 1.807) is 29.3 Å². The lowest BCUT2D eigenvalue weighted by molar-refractivity contribution is -0.275. The quantitative estimate of drug-likeness (QED) is 0.531. The number of quaternary nitrogens is 1. The molecule has 2 rings (SSSR count). The lowest BCUT2D eigenvalue weighted by Gasteiger charge is -2.03.